The Balaban J connectivity index is 1.71. The van der Waals surface area contributed by atoms with Gasteiger partial charge >= 0.3 is 29.8 Å². The Morgan fingerprint density at radius 1 is 0.792 bits per heavy atom. The molecule has 0 bridgehead atoms. The lowest BCUT2D eigenvalue weighted by atomic mass is 9.49. The monoisotopic (exact) mass is 734 g/mol. The van der Waals surface area contributed by atoms with Gasteiger partial charge in [0.05, 0.1) is 40.1 Å². The quantitative estimate of drug-likeness (QED) is 0.227. The van der Waals surface area contributed by atoms with Crippen LogP contribution in [0.25, 0.3) is 0 Å². The Morgan fingerprint density at radius 3 is 1.77 bits per heavy atom. The van der Waals surface area contributed by atoms with Crippen molar-refractivity contribution in [2.24, 2.45) is 16.7 Å². The van der Waals surface area contributed by atoms with Gasteiger partial charge in [0.1, 0.15) is 36.6 Å². The molecule has 2 N–H and O–H groups in total. The maximum Gasteiger partial charge on any atom is 0.338 e. The van der Waals surface area contributed by atoms with E-state index in [4.69, 9.17) is 28.4 Å². The molecule has 0 amide bonds. The molecule has 1 aliphatic heterocycles. The molecule has 6 rings (SSSR count). The largest absolute Gasteiger partial charge is 0.462 e. The first kappa shape index (κ1) is 38.1. The molecular formula is C40H46O13. The Hall–Kier alpha value is -4.59. The second-order valence-electron chi connectivity index (χ2n) is 15.3. The van der Waals surface area contributed by atoms with Gasteiger partial charge in [0.2, 0.25) is 0 Å². The average Bonchev–Trinajstić information content (AvgIpc) is 3.35. The molecule has 1 saturated heterocycles. The van der Waals surface area contributed by atoms with E-state index in [1.807, 2.05) is 0 Å². The van der Waals surface area contributed by atoms with Gasteiger partial charge in [-0.1, -0.05) is 43.3 Å². The zero-order valence-electron chi connectivity index (χ0n) is 30.8. The molecule has 3 aliphatic carbocycles. The number of benzene rings is 2. The molecule has 13 nitrogen and oxygen atoms in total. The highest BCUT2D eigenvalue weighted by atomic mass is 16.6. The minimum atomic E-state index is -1.88. The molecule has 0 unspecified atom stereocenters. The van der Waals surface area contributed by atoms with Crippen molar-refractivity contribution < 1.29 is 62.6 Å². The highest BCUT2D eigenvalue weighted by Crippen LogP contribution is 2.68. The van der Waals surface area contributed by atoms with E-state index in [2.05, 4.69) is 0 Å². The minimum absolute atomic E-state index is 0.0467. The van der Waals surface area contributed by atoms with Gasteiger partial charge in [-0.2, -0.15) is 0 Å². The van der Waals surface area contributed by atoms with Crippen LogP contribution in [0.1, 0.15) is 82.0 Å². The number of ether oxygens (including phenoxy) is 6. The van der Waals surface area contributed by atoms with Crippen LogP contribution in [-0.4, -0.2) is 94.5 Å². The van der Waals surface area contributed by atoms with Crippen molar-refractivity contribution in [1.82, 2.24) is 0 Å². The number of esters is 5. The van der Waals surface area contributed by atoms with Gasteiger partial charge in [0.25, 0.3) is 0 Å². The van der Waals surface area contributed by atoms with Gasteiger partial charge in [-0.15, -0.1) is 0 Å². The summed E-state index contributed by atoms with van der Waals surface area (Å²) in [5.41, 5.74) is -6.25. The molecule has 0 spiro atoms. The fraction of sp³-hybridized carbons (Fsp3) is 0.525. The molecule has 13 heteroatoms. The van der Waals surface area contributed by atoms with Crippen molar-refractivity contribution in [2.75, 3.05) is 6.61 Å². The van der Waals surface area contributed by atoms with Crippen LogP contribution in [0.5, 0.6) is 0 Å². The van der Waals surface area contributed by atoms with Crippen LogP contribution in [0.4, 0.5) is 0 Å². The van der Waals surface area contributed by atoms with Gasteiger partial charge in [0, 0.05) is 33.6 Å². The first-order valence-corrected chi connectivity index (χ1v) is 17.7. The molecular weight excluding hydrogens is 688 g/mol. The smallest absolute Gasteiger partial charge is 0.338 e. The molecule has 3 fully saturated rings. The molecule has 10 atom stereocenters. The topological polar surface area (TPSA) is 181 Å². The average molecular weight is 735 g/mol. The molecule has 2 saturated carbocycles. The Bertz CT molecular complexity index is 1820. The normalized spacial score (nSPS) is 34.5. The third-order valence-electron chi connectivity index (χ3n) is 11.8. The summed E-state index contributed by atoms with van der Waals surface area (Å²) < 4.78 is 37.1. The van der Waals surface area contributed by atoms with E-state index in [-0.39, 0.29) is 36.1 Å². The number of rotatable bonds is 8. The predicted octanol–water partition coefficient (Wildman–Crippen LogP) is 3.88. The highest BCUT2D eigenvalue weighted by Gasteiger charge is 2.80. The SMILES string of the molecule is CC(=O)O[C@H]1C[C@@]2(C(C)(C)O)C(=C1C)[C@@H](O)[C@H](OC(=O)c1ccccc1)[C@]1(C)[C@@H](OC(C)=O)C[C@H]3OC[C@@]3(OC(C)=O)[C@H]1[C@@H]2OC(=O)c1ccccc1. The Kier molecular flexibility index (Phi) is 9.84. The molecule has 284 valence electrons. The highest BCUT2D eigenvalue weighted by molar-refractivity contribution is 5.90. The fourth-order valence-corrected chi connectivity index (χ4v) is 9.60. The number of hydrogen-bond donors (Lipinski definition) is 2. The first-order valence-electron chi connectivity index (χ1n) is 17.7. The summed E-state index contributed by atoms with van der Waals surface area (Å²) in [6.07, 6.45) is -8.24. The lowest BCUT2D eigenvalue weighted by molar-refractivity contribution is -0.351. The molecule has 53 heavy (non-hydrogen) atoms. The zero-order chi connectivity index (χ0) is 38.7. The lowest BCUT2D eigenvalue weighted by Gasteiger charge is -2.65. The summed E-state index contributed by atoms with van der Waals surface area (Å²) >= 11 is 0. The summed E-state index contributed by atoms with van der Waals surface area (Å²) in [5.74, 6) is -4.96. The van der Waals surface area contributed by atoms with Gasteiger partial charge in [-0.25, -0.2) is 9.59 Å². The van der Waals surface area contributed by atoms with E-state index in [1.54, 1.807) is 62.4 Å². The van der Waals surface area contributed by atoms with Crippen LogP contribution >= 0.6 is 0 Å². The maximum atomic E-state index is 14.3. The van der Waals surface area contributed by atoms with E-state index >= 15 is 0 Å². The van der Waals surface area contributed by atoms with Gasteiger partial charge in [-0.3, -0.25) is 14.4 Å². The van der Waals surface area contributed by atoms with Crippen LogP contribution in [0.3, 0.4) is 0 Å². The van der Waals surface area contributed by atoms with Gasteiger partial charge in [-0.05, 0) is 56.2 Å². The summed E-state index contributed by atoms with van der Waals surface area (Å²) in [6.45, 7) is 9.69. The molecule has 2 aromatic rings. The summed E-state index contributed by atoms with van der Waals surface area (Å²) in [4.78, 5) is 66.9. The Morgan fingerprint density at radius 2 is 1.32 bits per heavy atom. The van der Waals surface area contributed by atoms with E-state index in [0.717, 1.165) is 0 Å². The van der Waals surface area contributed by atoms with Gasteiger partial charge in [0.15, 0.2) is 5.60 Å². The van der Waals surface area contributed by atoms with Crippen LogP contribution in [-0.2, 0) is 42.8 Å². The summed E-state index contributed by atoms with van der Waals surface area (Å²) in [7, 11) is 0. The van der Waals surface area contributed by atoms with Crippen LogP contribution in [0.2, 0.25) is 0 Å². The zero-order valence-corrected chi connectivity index (χ0v) is 30.8. The molecule has 4 aliphatic rings. The number of hydrogen-bond acceptors (Lipinski definition) is 13. The first-order chi connectivity index (χ1) is 24.9. The second kappa shape index (κ2) is 13.7. The van der Waals surface area contributed by atoms with Crippen molar-refractivity contribution in [3.63, 3.8) is 0 Å². The van der Waals surface area contributed by atoms with Crippen LogP contribution in [0.15, 0.2) is 71.8 Å². The number of carbonyl (C=O) groups excluding carboxylic acids is 5. The molecule has 2 aromatic carbocycles. The van der Waals surface area contributed by atoms with E-state index < -0.39 is 94.4 Å². The van der Waals surface area contributed by atoms with Crippen molar-refractivity contribution in [3.05, 3.63) is 82.9 Å². The van der Waals surface area contributed by atoms with Gasteiger partial charge < -0.3 is 38.6 Å². The van der Waals surface area contributed by atoms with Crippen molar-refractivity contribution >= 4 is 29.8 Å². The van der Waals surface area contributed by atoms with E-state index in [0.29, 0.717) is 5.57 Å². The second-order valence-corrected chi connectivity index (χ2v) is 15.3. The number of aliphatic hydroxyl groups excluding tert-OH is 1. The molecule has 0 aromatic heterocycles. The summed E-state index contributed by atoms with van der Waals surface area (Å²) in [5, 5.41) is 25.4. The fourth-order valence-electron chi connectivity index (χ4n) is 9.60. The van der Waals surface area contributed by atoms with Crippen molar-refractivity contribution in [1.29, 1.82) is 0 Å². The minimum Gasteiger partial charge on any atom is -0.462 e. The number of fused-ring (bicyclic) bond motifs is 4. The van der Waals surface area contributed by atoms with E-state index in [9.17, 15) is 34.2 Å². The standard InChI is InChI=1S/C40H46O13/c1-21-27(49-22(2)41)19-39(37(5,6)47)30(21)31(44)33(51-35(45)25-14-10-8-11-15-25)38(7)28(50-23(3)42)18-29-40(20-48-29,53-24(4)43)32(38)34(39)52-36(46)26-16-12-9-13-17-26/h8-17,27-29,31-34,44,47H,18-20H2,1-7H3/t27-,28-,29+,31+,32-,33-,34-,38+,39+,40-/m0/s1. The molecule has 0 radical (unpaired) electrons. The number of carbonyl (C=O) groups is 5. The predicted molar refractivity (Wildman–Crippen MR) is 185 cm³/mol. The van der Waals surface area contributed by atoms with Crippen LogP contribution < -0.4 is 0 Å². The maximum absolute atomic E-state index is 14.3. The van der Waals surface area contributed by atoms with E-state index in [1.165, 1.54) is 46.8 Å². The Labute approximate surface area is 307 Å². The number of aliphatic hydroxyl groups is 2. The van der Waals surface area contributed by atoms with Crippen LogP contribution in [0, 0.1) is 16.7 Å². The lowest BCUT2D eigenvalue weighted by Crippen LogP contribution is -2.79. The van der Waals surface area contributed by atoms with Crippen molar-refractivity contribution in [3.8, 4) is 0 Å². The molecule has 1 heterocycles. The summed E-state index contributed by atoms with van der Waals surface area (Å²) in [6, 6.07) is 16.2. The third kappa shape index (κ3) is 6.12. The third-order valence-corrected chi connectivity index (χ3v) is 11.8. The van der Waals surface area contributed by atoms with Crippen molar-refractivity contribution in [2.45, 2.75) is 109 Å².